The van der Waals surface area contributed by atoms with E-state index in [2.05, 4.69) is 31.3 Å². The molecule has 486 valence electrons. The molecular weight excluding hydrogens is 1020 g/mol. The van der Waals surface area contributed by atoms with Crippen LogP contribution in [0.3, 0.4) is 0 Å². The van der Waals surface area contributed by atoms with E-state index < -0.39 is 49.5 Å². The van der Waals surface area contributed by atoms with E-state index >= 15 is 0 Å². The predicted molar refractivity (Wildman–Crippen MR) is 350 cm³/mol. The van der Waals surface area contributed by atoms with Crippen LogP contribution in [-0.2, 0) is 14.3 Å². The van der Waals surface area contributed by atoms with Crippen LogP contribution in [0.4, 0.5) is 0 Å². The fraction of sp³-hybridized carbons (Fsp3) is 0.932. The lowest BCUT2D eigenvalue weighted by molar-refractivity contribution is -0.302. The first-order valence-electron chi connectivity index (χ1n) is 36.6. The first-order chi connectivity index (χ1) is 40.3. The van der Waals surface area contributed by atoms with E-state index in [-0.39, 0.29) is 12.5 Å². The molecule has 0 radical (unpaired) electrons. The van der Waals surface area contributed by atoms with Crippen LogP contribution < -0.4 is 5.32 Å². The largest absolute Gasteiger partial charge is 0.394 e. The average Bonchev–Trinajstić information content (AvgIpc) is 3.52. The van der Waals surface area contributed by atoms with Crippen LogP contribution in [0.5, 0.6) is 0 Å². The van der Waals surface area contributed by atoms with Crippen molar-refractivity contribution in [3.63, 3.8) is 0 Å². The molecule has 82 heavy (non-hydrogen) atoms. The highest BCUT2D eigenvalue weighted by atomic mass is 16.7. The van der Waals surface area contributed by atoms with Gasteiger partial charge in [-0.25, -0.2) is 0 Å². The number of carbonyl (C=O) groups is 1. The fourth-order valence-corrected chi connectivity index (χ4v) is 12.1. The minimum absolute atomic E-state index is 0.177. The Kier molecular flexibility index (Phi) is 60.2. The van der Waals surface area contributed by atoms with Gasteiger partial charge in [0.1, 0.15) is 24.4 Å². The molecule has 0 bridgehead atoms. The molecule has 1 rings (SSSR count). The lowest BCUT2D eigenvalue weighted by Gasteiger charge is -2.40. The van der Waals surface area contributed by atoms with Crippen LogP contribution in [0.1, 0.15) is 380 Å². The third-order valence-electron chi connectivity index (χ3n) is 17.8. The Morgan fingerprint density at radius 2 is 0.695 bits per heavy atom. The number of ether oxygens (including phenoxy) is 2. The first-order valence-corrected chi connectivity index (χ1v) is 36.6. The summed E-state index contributed by atoms with van der Waals surface area (Å²) in [5, 5.41) is 54.8. The molecule has 0 aliphatic carbocycles. The van der Waals surface area contributed by atoms with E-state index in [0.29, 0.717) is 6.42 Å². The third-order valence-corrected chi connectivity index (χ3v) is 17.8. The van der Waals surface area contributed by atoms with Crippen molar-refractivity contribution < 1.29 is 39.8 Å². The number of amides is 1. The van der Waals surface area contributed by atoms with Crippen LogP contribution >= 0.6 is 0 Å². The van der Waals surface area contributed by atoms with Crippen molar-refractivity contribution >= 4 is 5.91 Å². The summed E-state index contributed by atoms with van der Waals surface area (Å²) in [7, 11) is 0. The maximum Gasteiger partial charge on any atom is 0.220 e. The molecule has 0 aromatic carbocycles. The van der Waals surface area contributed by atoms with E-state index in [1.807, 2.05) is 6.08 Å². The van der Waals surface area contributed by atoms with Gasteiger partial charge in [0.2, 0.25) is 5.91 Å². The Morgan fingerprint density at radius 1 is 0.402 bits per heavy atom. The number of aliphatic hydroxyl groups is 5. The van der Waals surface area contributed by atoms with Crippen LogP contribution in [0.15, 0.2) is 24.3 Å². The van der Waals surface area contributed by atoms with Crippen molar-refractivity contribution in [2.24, 2.45) is 0 Å². The van der Waals surface area contributed by atoms with Gasteiger partial charge in [-0.05, 0) is 32.1 Å². The summed E-state index contributed by atoms with van der Waals surface area (Å²) in [5.41, 5.74) is 0. The fourth-order valence-electron chi connectivity index (χ4n) is 12.1. The Morgan fingerprint density at radius 3 is 1.02 bits per heavy atom. The molecule has 9 heteroatoms. The number of hydrogen-bond donors (Lipinski definition) is 6. The Bertz CT molecular complexity index is 1340. The molecular formula is C73H141NO8. The van der Waals surface area contributed by atoms with Gasteiger partial charge in [0, 0.05) is 6.42 Å². The summed E-state index contributed by atoms with van der Waals surface area (Å²) >= 11 is 0. The molecule has 0 saturated carbocycles. The Balaban J connectivity index is 2.12. The zero-order valence-corrected chi connectivity index (χ0v) is 54.5. The lowest BCUT2D eigenvalue weighted by Crippen LogP contribution is -2.60. The predicted octanol–water partition coefficient (Wildman–Crippen LogP) is 20.0. The molecule has 0 aromatic heterocycles. The molecule has 7 atom stereocenters. The second kappa shape index (κ2) is 62.7. The van der Waals surface area contributed by atoms with E-state index in [1.165, 1.54) is 321 Å². The summed E-state index contributed by atoms with van der Waals surface area (Å²) in [6.07, 6.45) is 75.9. The van der Waals surface area contributed by atoms with Gasteiger partial charge in [0.25, 0.3) is 0 Å². The quantitative estimate of drug-likeness (QED) is 0.0261. The molecule has 6 N–H and O–H groups in total. The number of carbonyl (C=O) groups excluding carboxylic acids is 1. The van der Waals surface area contributed by atoms with Gasteiger partial charge in [-0.15, -0.1) is 0 Å². The van der Waals surface area contributed by atoms with Crippen LogP contribution in [0, 0.1) is 0 Å². The number of aliphatic hydroxyl groups excluding tert-OH is 5. The number of allylic oxidation sites excluding steroid dienone is 3. The topological polar surface area (TPSA) is 149 Å². The van der Waals surface area contributed by atoms with Gasteiger partial charge in [-0.1, -0.05) is 366 Å². The highest BCUT2D eigenvalue weighted by Gasteiger charge is 2.44. The molecule has 1 aliphatic rings. The maximum atomic E-state index is 13.1. The van der Waals surface area contributed by atoms with Gasteiger partial charge in [-0.2, -0.15) is 0 Å². The van der Waals surface area contributed by atoms with Gasteiger partial charge < -0.3 is 40.3 Å². The van der Waals surface area contributed by atoms with Crippen molar-refractivity contribution in [1.29, 1.82) is 0 Å². The van der Waals surface area contributed by atoms with E-state index in [0.717, 1.165) is 38.5 Å². The van der Waals surface area contributed by atoms with Crippen molar-refractivity contribution in [3.05, 3.63) is 24.3 Å². The molecule has 0 spiro atoms. The summed E-state index contributed by atoms with van der Waals surface area (Å²) < 4.78 is 11.3. The van der Waals surface area contributed by atoms with Crippen LogP contribution in [0.25, 0.3) is 0 Å². The summed E-state index contributed by atoms with van der Waals surface area (Å²) in [5.74, 6) is -0.177. The standard InChI is InChI=1S/C73H141NO8/c1-3-5-7-9-11-13-15-17-19-21-23-25-27-29-31-33-35-36-38-40-42-44-46-48-50-52-54-56-58-60-62-67(76)66(65-81-73-72(80)71(79)70(78)68(64-75)82-73)74-69(77)63-61-59-57-55-53-51-49-47-45-43-41-39-37-34-32-30-28-26-24-22-20-18-16-14-12-10-8-6-4-2/h52,54,60,62,66-68,70-73,75-76,78-80H,3-51,53,55-59,61,63-65H2,1-2H3,(H,74,77)/b54-52+,62-60+. The summed E-state index contributed by atoms with van der Waals surface area (Å²) in [6, 6.07) is -0.820. The molecule has 1 aliphatic heterocycles. The summed E-state index contributed by atoms with van der Waals surface area (Å²) in [6.45, 7) is 3.83. The summed E-state index contributed by atoms with van der Waals surface area (Å²) in [4.78, 5) is 13.1. The molecule has 7 unspecified atom stereocenters. The van der Waals surface area contributed by atoms with E-state index in [4.69, 9.17) is 9.47 Å². The smallest absolute Gasteiger partial charge is 0.220 e. The lowest BCUT2D eigenvalue weighted by atomic mass is 9.99. The second-order valence-electron chi connectivity index (χ2n) is 25.7. The van der Waals surface area contributed by atoms with Gasteiger partial charge in [0.15, 0.2) is 6.29 Å². The Hall–Kier alpha value is -1.33. The first kappa shape index (κ1) is 78.7. The van der Waals surface area contributed by atoms with Gasteiger partial charge >= 0.3 is 0 Å². The highest BCUT2D eigenvalue weighted by Crippen LogP contribution is 2.24. The van der Waals surface area contributed by atoms with Crippen LogP contribution in [0.2, 0.25) is 0 Å². The van der Waals surface area contributed by atoms with E-state index in [9.17, 15) is 30.3 Å². The highest BCUT2D eigenvalue weighted by molar-refractivity contribution is 5.76. The van der Waals surface area contributed by atoms with Crippen molar-refractivity contribution in [2.45, 2.75) is 423 Å². The third kappa shape index (κ3) is 50.8. The normalized spacial score (nSPS) is 18.4. The molecule has 1 amide bonds. The SMILES string of the molecule is CCCCCCCCCCCCCCCCCCCCCCCCCC/C=C/CC/C=C/C(O)C(COC1OC(CO)C(O)C(O)C1O)NC(=O)CCCCCCCCCCCCCCCCCCCCCCCCCCCCCCC. The minimum Gasteiger partial charge on any atom is -0.394 e. The number of hydrogen-bond acceptors (Lipinski definition) is 8. The Labute approximate surface area is 509 Å². The second-order valence-corrected chi connectivity index (χ2v) is 25.7. The zero-order valence-electron chi connectivity index (χ0n) is 54.5. The van der Waals surface area contributed by atoms with Crippen molar-refractivity contribution in [3.8, 4) is 0 Å². The molecule has 1 fully saturated rings. The minimum atomic E-state index is -1.57. The van der Waals surface area contributed by atoms with E-state index in [1.54, 1.807) is 6.08 Å². The number of rotatable bonds is 65. The average molecular weight is 1160 g/mol. The molecule has 9 nitrogen and oxygen atoms in total. The van der Waals surface area contributed by atoms with Gasteiger partial charge in [-0.3, -0.25) is 4.79 Å². The van der Waals surface area contributed by atoms with Crippen LogP contribution in [-0.4, -0.2) is 87.5 Å². The van der Waals surface area contributed by atoms with Crippen molar-refractivity contribution in [2.75, 3.05) is 13.2 Å². The number of unbranched alkanes of at least 4 members (excludes halogenated alkanes) is 53. The monoisotopic (exact) mass is 1160 g/mol. The molecule has 0 aromatic rings. The maximum absolute atomic E-state index is 13.1. The molecule has 1 saturated heterocycles. The zero-order chi connectivity index (χ0) is 59.3. The molecule has 1 heterocycles. The van der Waals surface area contributed by atoms with Crippen molar-refractivity contribution in [1.82, 2.24) is 5.32 Å². The van der Waals surface area contributed by atoms with Gasteiger partial charge in [0.05, 0.1) is 25.4 Å². The number of nitrogens with one attached hydrogen (secondary N) is 1.